The van der Waals surface area contributed by atoms with E-state index in [1.54, 1.807) is 10.7 Å². The highest BCUT2D eigenvalue weighted by molar-refractivity contribution is 6.31. The molecule has 34 heavy (non-hydrogen) atoms. The van der Waals surface area contributed by atoms with Crippen molar-refractivity contribution in [2.75, 3.05) is 25.5 Å². The molecule has 6 nitrogen and oxygen atoms in total. The largest absolute Gasteiger partial charge is 0.369 e. The minimum Gasteiger partial charge on any atom is -0.369 e. The van der Waals surface area contributed by atoms with Gasteiger partial charge in [-0.1, -0.05) is 29.8 Å². The van der Waals surface area contributed by atoms with Crippen molar-refractivity contribution in [3.05, 3.63) is 58.2 Å². The Hall–Kier alpha value is -2.57. The summed E-state index contributed by atoms with van der Waals surface area (Å²) >= 11 is 6.54. The maximum atomic E-state index is 13.3. The van der Waals surface area contributed by atoms with E-state index in [1.165, 1.54) is 12.8 Å². The average molecular weight is 482 g/mol. The molecule has 4 rings (SSSR count). The van der Waals surface area contributed by atoms with Crippen LogP contribution in [0, 0.1) is 6.92 Å². The Morgan fingerprint density at radius 1 is 1.18 bits per heavy atom. The predicted molar refractivity (Wildman–Crippen MR) is 141 cm³/mol. The topological polar surface area (TPSA) is 53.4 Å². The molecule has 0 radical (unpaired) electrons. The summed E-state index contributed by atoms with van der Waals surface area (Å²) in [6, 6.07) is 11.0. The van der Waals surface area contributed by atoms with E-state index in [0.29, 0.717) is 29.2 Å². The Labute approximate surface area is 207 Å². The molecule has 1 saturated carbocycles. The molecule has 7 heteroatoms. The van der Waals surface area contributed by atoms with E-state index in [9.17, 15) is 4.79 Å². The number of hydrogen-bond acceptors (Lipinski definition) is 4. The molecule has 0 saturated heterocycles. The molecule has 1 N–H and O–H groups in total. The maximum Gasteiger partial charge on any atom is 0.251 e. The van der Waals surface area contributed by atoms with Crippen LogP contribution in [0.25, 0.3) is 10.9 Å². The van der Waals surface area contributed by atoms with Crippen molar-refractivity contribution in [2.45, 2.75) is 58.2 Å². The van der Waals surface area contributed by atoms with Crippen LogP contribution in [0.15, 0.2) is 36.5 Å². The van der Waals surface area contributed by atoms with Crippen LogP contribution in [0.5, 0.6) is 0 Å². The van der Waals surface area contributed by atoms with Crippen molar-refractivity contribution in [1.29, 1.82) is 0 Å². The van der Waals surface area contributed by atoms with E-state index in [4.69, 9.17) is 11.6 Å². The molecular formula is C27H36ClN5O. The van der Waals surface area contributed by atoms with Gasteiger partial charge in [-0.25, -0.2) is 0 Å². The van der Waals surface area contributed by atoms with Gasteiger partial charge in [0.2, 0.25) is 0 Å². The van der Waals surface area contributed by atoms with Gasteiger partial charge in [0.15, 0.2) is 0 Å². The van der Waals surface area contributed by atoms with Crippen molar-refractivity contribution in [3.8, 4) is 0 Å². The van der Waals surface area contributed by atoms with Gasteiger partial charge in [0, 0.05) is 60.1 Å². The zero-order chi connectivity index (χ0) is 24.4. The summed E-state index contributed by atoms with van der Waals surface area (Å²) in [7, 11) is 6.25. The second-order valence-corrected chi connectivity index (χ2v) is 10.1. The fourth-order valence-corrected chi connectivity index (χ4v) is 5.56. The maximum absolute atomic E-state index is 13.3. The van der Waals surface area contributed by atoms with E-state index in [1.807, 2.05) is 44.4 Å². The Balaban J connectivity index is 1.53. The van der Waals surface area contributed by atoms with Gasteiger partial charge in [0.05, 0.1) is 5.52 Å². The summed E-state index contributed by atoms with van der Waals surface area (Å²) in [4.78, 5) is 18.1. The molecule has 1 aliphatic carbocycles. The molecule has 0 unspecified atom stereocenters. The van der Waals surface area contributed by atoms with Crippen LogP contribution < -0.4 is 10.2 Å². The average Bonchev–Trinajstić information content (AvgIpc) is 3.21. The number of carbonyl (C=O) groups excluding carboxylic acids is 1. The van der Waals surface area contributed by atoms with Gasteiger partial charge in [-0.2, -0.15) is 5.10 Å². The number of nitrogens with zero attached hydrogens (tertiary/aromatic N) is 4. The minimum absolute atomic E-state index is 0.110. The Kier molecular flexibility index (Phi) is 7.48. The molecule has 3 aromatic rings. The lowest BCUT2D eigenvalue weighted by Crippen LogP contribution is -2.42. The lowest BCUT2D eigenvalue weighted by atomic mass is 9.89. The van der Waals surface area contributed by atoms with Crippen LogP contribution in [-0.2, 0) is 13.6 Å². The van der Waals surface area contributed by atoms with Gasteiger partial charge in [0.1, 0.15) is 0 Å². The number of nitrogens with one attached hydrogen (secondary N) is 1. The number of carbonyl (C=O) groups is 1. The lowest BCUT2D eigenvalue weighted by Gasteiger charge is -2.40. The van der Waals surface area contributed by atoms with Crippen molar-refractivity contribution in [2.24, 2.45) is 7.05 Å². The summed E-state index contributed by atoms with van der Waals surface area (Å²) in [5.41, 5.74) is 4.60. The van der Waals surface area contributed by atoms with Crippen LogP contribution in [0.1, 0.15) is 54.1 Å². The smallest absolute Gasteiger partial charge is 0.251 e. The van der Waals surface area contributed by atoms with E-state index >= 15 is 0 Å². The lowest BCUT2D eigenvalue weighted by molar-refractivity contribution is 0.0950. The van der Waals surface area contributed by atoms with Gasteiger partial charge < -0.3 is 15.1 Å². The van der Waals surface area contributed by atoms with Crippen molar-refractivity contribution in [1.82, 2.24) is 20.0 Å². The summed E-state index contributed by atoms with van der Waals surface area (Å²) in [6.45, 7) is 5.53. The number of rotatable bonds is 7. The number of amides is 1. The second kappa shape index (κ2) is 10.4. The first kappa shape index (κ1) is 24.6. The Bertz CT molecular complexity index is 1160. The van der Waals surface area contributed by atoms with E-state index in [-0.39, 0.29) is 5.91 Å². The number of aromatic nitrogens is 2. The highest BCUT2D eigenvalue weighted by Crippen LogP contribution is 2.34. The number of fused-ring (bicyclic) bond motifs is 1. The number of aryl methyl sites for hydroxylation is 1. The number of anilines is 1. The minimum atomic E-state index is -0.110. The molecule has 0 atom stereocenters. The van der Waals surface area contributed by atoms with E-state index in [0.717, 1.165) is 47.1 Å². The van der Waals surface area contributed by atoms with Crippen LogP contribution in [0.2, 0.25) is 5.02 Å². The quantitative estimate of drug-likeness (QED) is 0.506. The number of benzene rings is 2. The Morgan fingerprint density at radius 3 is 2.56 bits per heavy atom. The van der Waals surface area contributed by atoms with E-state index < -0.39 is 0 Å². The first-order valence-electron chi connectivity index (χ1n) is 12.2. The summed E-state index contributed by atoms with van der Waals surface area (Å²) in [5.74, 6) is -0.110. The summed E-state index contributed by atoms with van der Waals surface area (Å²) < 4.78 is 1.80. The fourth-order valence-electron chi connectivity index (χ4n) is 5.35. The molecule has 0 spiro atoms. The molecule has 1 heterocycles. The zero-order valence-corrected chi connectivity index (χ0v) is 21.7. The van der Waals surface area contributed by atoms with Crippen molar-refractivity contribution in [3.63, 3.8) is 0 Å². The van der Waals surface area contributed by atoms with Gasteiger partial charge in [-0.3, -0.25) is 9.48 Å². The monoisotopic (exact) mass is 481 g/mol. The van der Waals surface area contributed by atoms with Gasteiger partial charge in [-0.05, 0) is 76.9 Å². The van der Waals surface area contributed by atoms with Crippen LogP contribution >= 0.6 is 11.6 Å². The van der Waals surface area contributed by atoms with Crippen molar-refractivity contribution >= 4 is 34.1 Å². The van der Waals surface area contributed by atoms with Crippen LogP contribution in [-0.4, -0.2) is 53.3 Å². The predicted octanol–water partition coefficient (Wildman–Crippen LogP) is 5.16. The molecule has 2 aromatic carbocycles. The first-order chi connectivity index (χ1) is 16.3. The molecule has 1 fully saturated rings. The first-order valence-corrected chi connectivity index (χ1v) is 12.6. The van der Waals surface area contributed by atoms with Crippen LogP contribution in [0.3, 0.4) is 0 Å². The van der Waals surface area contributed by atoms with Gasteiger partial charge >= 0.3 is 0 Å². The molecular weight excluding hydrogens is 446 g/mol. The van der Waals surface area contributed by atoms with Crippen molar-refractivity contribution < 1.29 is 4.79 Å². The summed E-state index contributed by atoms with van der Waals surface area (Å²) in [5, 5.41) is 9.31. The normalized spacial score (nSPS) is 18.4. The highest BCUT2D eigenvalue weighted by atomic mass is 35.5. The molecule has 0 bridgehead atoms. The third kappa shape index (κ3) is 5.08. The SMILES string of the molecule is CCN(c1cc(Cl)cc(C(=O)NCc2cccc3cn(C)nc23)c1C)[C@H]1CC[C@H](N(C)C)CC1. The Morgan fingerprint density at radius 2 is 1.88 bits per heavy atom. The highest BCUT2D eigenvalue weighted by Gasteiger charge is 2.28. The zero-order valence-electron chi connectivity index (χ0n) is 20.9. The number of halogens is 1. The summed E-state index contributed by atoms with van der Waals surface area (Å²) in [6.07, 6.45) is 6.68. The van der Waals surface area contributed by atoms with Crippen LogP contribution in [0.4, 0.5) is 5.69 Å². The standard InChI is InChI=1S/C27H36ClN5O/c1-6-33(23-12-10-22(11-13-23)31(3)4)25-15-21(28)14-24(18(25)2)27(34)29-16-19-8-7-9-20-17-32(5)30-26(19)20/h7-9,14-15,17,22-23H,6,10-13,16H2,1-5H3,(H,29,34)/t22-,23-. The third-order valence-corrected chi connectivity index (χ3v) is 7.47. The van der Waals surface area contributed by atoms with Gasteiger partial charge in [0.25, 0.3) is 5.91 Å². The second-order valence-electron chi connectivity index (χ2n) is 9.65. The number of hydrogen-bond donors (Lipinski definition) is 1. The van der Waals surface area contributed by atoms with Gasteiger partial charge in [-0.15, -0.1) is 0 Å². The molecule has 1 aliphatic rings. The molecule has 182 valence electrons. The third-order valence-electron chi connectivity index (χ3n) is 7.25. The molecule has 1 aromatic heterocycles. The molecule has 1 amide bonds. The molecule has 0 aliphatic heterocycles. The van der Waals surface area contributed by atoms with E-state index in [2.05, 4.69) is 41.2 Å². The fraction of sp³-hybridized carbons (Fsp3) is 0.481.